The van der Waals surface area contributed by atoms with Gasteiger partial charge >= 0.3 is 0 Å². The lowest BCUT2D eigenvalue weighted by atomic mass is 9.96. The van der Waals surface area contributed by atoms with Crippen LogP contribution >= 0.6 is 22.6 Å². The summed E-state index contributed by atoms with van der Waals surface area (Å²) in [5.41, 5.74) is 2.37. The van der Waals surface area contributed by atoms with Crippen LogP contribution < -0.4 is 10.1 Å². The van der Waals surface area contributed by atoms with Gasteiger partial charge in [-0.3, -0.25) is 4.79 Å². The minimum Gasteiger partial charge on any atom is -0.494 e. The smallest absolute Gasteiger partial charge is 0.207 e. The number of hydrogen-bond acceptors (Lipinski definition) is 2. The lowest BCUT2D eigenvalue weighted by Gasteiger charge is -2.14. The Morgan fingerprint density at radius 1 is 1.45 bits per heavy atom. The van der Waals surface area contributed by atoms with Crippen molar-refractivity contribution in [3.05, 3.63) is 27.5 Å². The number of nitrogens with one attached hydrogen (secondary N) is 2. The molecular weight excluding hydrogens is 367 g/mol. The van der Waals surface area contributed by atoms with Crippen molar-refractivity contribution in [1.29, 1.82) is 0 Å². The van der Waals surface area contributed by atoms with Gasteiger partial charge in [-0.25, -0.2) is 0 Å². The Bertz CT molecular complexity index is 595. The third-order valence-electron chi connectivity index (χ3n) is 3.44. The van der Waals surface area contributed by atoms with Crippen molar-refractivity contribution >= 4 is 39.9 Å². The molecule has 1 atom stereocenters. The normalized spacial score (nSPS) is 12.3. The van der Waals surface area contributed by atoms with Gasteiger partial charge < -0.3 is 15.0 Å². The van der Waals surface area contributed by atoms with E-state index in [0.717, 1.165) is 27.7 Å². The SMILES string of the molecule is CCOc1cc(I)c2[nH]cc(C(CC)CNC=O)c2c1. The van der Waals surface area contributed by atoms with E-state index in [1.165, 1.54) is 10.9 Å². The number of carbonyl (C=O) groups is 1. The highest BCUT2D eigenvalue weighted by atomic mass is 127. The largest absolute Gasteiger partial charge is 0.494 e. The van der Waals surface area contributed by atoms with Crippen molar-refractivity contribution < 1.29 is 9.53 Å². The van der Waals surface area contributed by atoms with E-state index in [-0.39, 0.29) is 0 Å². The topological polar surface area (TPSA) is 54.1 Å². The standard InChI is InChI=1S/C15H19IN2O2/c1-3-10(7-17-9-19)13-8-18-15-12(13)5-11(20-4-2)6-14(15)16/h5-6,8-10,18H,3-4,7H2,1-2H3,(H,17,19). The van der Waals surface area contributed by atoms with Crippen molar-refractivity contribution in [2.75, 3.05) is 13.2 Å². The van der Waals surface area contributed by atoms with E-state index in [9.17, 15) is 4.79 Å². The summed E-state index contributed by atoms with van der Waals surface area (Å²) >= 11 is 2.32. The first kappa shape index (κ1) is 15.2. The number of aromatic nitrogens is 1. The molecule has 2 aromatic rings. The summed E-state index contributed by atoms with van der Waals surface area (Å²) < 4.78 is 6.77. The lowest BCUT2D eigenvalue weighted by molar-refractivity contribution is -0.109. The van der Waals surface area contributed by atoms with Crippen LogP contribution in [0.2, 0.25) is 0 Å². The van der Waals surface area contributed by atoms with E-state index in [1.807, 2.05) is 19.2 Å². The third-order valence-corrected chi connectivity index (χ3v) is 4.29. The lowest BCUT2D eigenvalue weighted by Crippen LogP contribution is -2.19. The van der Waals surface area contributed by atoms with Gasteiger partial charge in [0.1, 0.15) is 5.75 Å². The molecule has 0 aliphatic rings. The minimum absolute atomic E-state index is 0.307. The monoisotopic (exact) mass is 386 g/mol. The van der Waals surface area contributed by atoms with Crippen LogP contribution in [0.4, 0.5) is 0 Å². The van der Waals surface area contributed by atoms with E-state index in [2.05, 4.69) is 45.9 Å². The van der Waals surface area contributed by atoms with Crippen molar-refractivity contribution in [1.82, 2.24) is 10.3 Å². The molecule has 1 amide bonds. The molecule has 2 N–H and O–H groups in total. The number of amides is 1. The summed E-state index contributed by atoms with van der Waals surface area (Å²) in [7, 11) is 0. The van der Waals surface area contributed by atoms with Crippen LogP contribution in [-0.4, -0.2) is 24.5 Å². The Morgan fingerprint density at radius 2 is 2.25 bits per heavy atom. The number of aromatic amines is 1. The molecule has 0 aliphatic heterocycles. The average molecular weight is 386 g/mol. The highest BCUT2D eigenvalue weighted by Gasteiger charge is 2.16. The molecule has 20 heavy (non-hydrogen) atoms. The molecule has 1 heterocycles. The Labute approximate surface area is 132 Å². The predicted octanol–water partition coefficient (Wildman–Crippen LogP) is 3.41. The molecule has 1 unspecified atom stereocenters. The highest BCUT2D eigenvalue weighted by Crippen LogP contribution is 2.33. The zero-order chi connectivity index (χ0) is 14.5. The molecule has 1 aromatic carbocycles. The summed E-state index contributed by atoms with van der Waals surface area (Å²) in [5, 5.41) is 3.96. The number of carbonyl (C=O) groups excluding carboxylic acids is 1. The van der Waals surface area contributed by atoms with Gasteiger partial charge in [0.25, 0.3) is 0 Å². The first-order valence-corrected chi connectivity index (χ1v) is 7.89. The molecule has 0 fully saturated rings. The molecule has 0 radical (unpaired) electrons. The Hall–Kier alpha value is -1.24. The number of halogens is 1. The van der Waals surface area contributed by atoms with Crippen molar-refractivity contribution in [3.63, 3.8) is 0 Å². The zero-order valence-electron chi connectivity index (χ0n) is 11.7. The highest BCUT2D eigenvalue weighted by molar-refractivity contribution is 14.1. The molecule has 1 aromatic heterocycles. The first-order chi connectivity index (χ1) is 9.71. The Kier molecular flexibility index (Phi) is 5.28. The fourth-order valence-corrected chi connectivity index (χ4v) is 3.19. The van der Waals surface area contributed by atoms with Crippen molar-refractivity contribution in [3.8, 4) is 5.75 Å². The van der Waals surface area contributed by atoms with Crippen LogP contribution in [0, 0.1) is 3.57 Å². The fraction of sp³-hybridized carbons (Fsp3) is 0.400. The quantitative estimate of drug-likeness (QED) is 0.566. The van der Waals surface area contributed by atoms with Crippen LogP contribution in [0.1, 0.15) is 31.7 Å². The van der Waals surface area contributed by atoms with Gasteiger partial charge in [0.2, 0.25) is 6.41 Å². The van der Waals surface area contributed by atoms with E-state index in [0.29, 0.717) is 19.1 Å². The van der Waals surface area contributed by atoms with Crippen LogP contribution in [0.3, 0.4) is 0 Å². The molecule has 108 valence electrons. The molecule has 2 rings (SSSR count). The maximum Gasteiger partial charge on any atom is 0.207 e. The Morgan fingerprint density at radius 3 is 2.90 bits per heavy atom. The summed E-state index contributed by atoms with van der Waals surface area (Å²) in [6.07, 6.45) is 3.78. The van der Waals surface area contributed by atoms with E-state index >= 15 is 0 Å². The van der Waals surface area contributed by atoms with E-state index < -0.39 is 0 Å². The molecule has 5 heteroatoms. The number of H-pyrrole nitrogens is 1. The van der Waals surface area contributed by atoms with E-state index in [4.69, 9.17) is 4.74 Å². The third kappa shape index (κ3) is 3.08. The fourth-order valence-electron chi connectivity index (χ4n) is 2.44. The van der Waals surface area contributed by atoms with Gasteiger partial charge in [-0.15, -0.1) is 0 Å². The summed E-state index contributed by atoms with van der Waals surface area (Å²) in [4.78, 5) is 13.8. The minimum atomic E-state index is 0.307. The summed E-state index contributed by atoms with van der Waals surface area (Å²) in [6, 6.07) is 4.12. The number of rotatable bonds is 7. The van der Waals surface area contributed by atoms with Gasteiger partial charge in [0.05, 0.1) is 12.1 Å². The number of ether oxygens (including phenoxy) is 1. The first-order valence-electron chi connectivity index (χ1n) is 6.81. The summed E-state index contributed by atoms with van der Waals surface area (Å²) in [6.45, 7) is 5.43. The van der Waals surface area contributed by atoms with Gasteiger partial charge in [-0.05, 0) is 53.6 Å². The van der Waals surface area contributed by atoms with E-state index in [1.54, 1.807) is 0 Å². The molecular formula is C15H19IN2O2. The average Bonchev–Trinajstić information content (AvgIpc) is 2.85. The number of benzene rings is 1. The van der Waals surface area contributed by atoms with Gasteiger partial charge in [-0.2, -0.15) is 0 Å². The number of hydrogen-bond donors (Lipinski definition) is 2. The van der Waals surface area contributed by atoms with Gasteiger partial charge in [-0.1, -0.05) is 6.92 Å². The summed E-state index contributed by atoms with van der Waals surface area (Å²) in [5.74, 6) is 1.20. The van der Waals surface area contributed by atoms with Gasteiger partial charge in [0, 0.05) is 27.6 Å². The number of fused-ring (bicyclic) bond motifs is 1. The van der Waals surface area contributed by atoms with Crippen molar-refractivity contribution in [2.45, 2.75) is 26.2 Å². The predicted molar refractivity (Wildman–Crippen MR) is 89.3 cm³/mol. The Balaban J connectivity index is 2.44. The molecule has 0 aliphatic carbocycles. The maximum absolute atomic E-state index is 10.5. The molecule has 0 saturated carbocycles. The molecule has 4 nitrogen and oxygen atoms in total. The van der Waals surface area contributed by atoms with Crippen LogP contribution in [-0.2, 0) is 4.79 Å². The molecule has 0 bridgehead atoms. The molecule has 0 saturated heterocycles. The van der Waals surface area contributed by atoms with Crippen LogP contribution in [0.5, 0.6) is 5.75 Å². The second-order valence-electron chi connectivity index (χ2n) is 4.64. The zero-order valence-corrected chi connectivity index (χ0v) is 13.9. The van der Waals surface area contributed by atoms with Crippen LogP contribution in [0.25, 0.3) is 10.9 Å². The molecule has 0 spiro atoms. The second kappa shape index (κ2) is 6.97. The van der Waals surface area contributed by atoms with Crippen molar-refractivity contribution in [2.24, 2.45) is 0 Å². The second-order valence-corrected chi connectivity index (χ2v) is 5.80. The van der Waals surface area contributed by atoms with Gasteiger partial charge in [0.15, 0.2) is 0 Å². The van der Waals surface area contributed by atoms with Crippen LogP contribution in [0.15, 0.2) is 18.3 Å². The maximum atomic E-state index is 10.5.